The van der Waals surface area contributed by atoms with Gasteiger partial charge in [0.15, 0.2) is 5.82 Å². The highest BCUT2D eigenvalue weighted by atomic mass is 16.5. The highest BCUT2D eigenvalue weighted by Gasteiger charge is 2.44. The minimum absolute atomic E-state index is 0.0719. The van der Waals surface area contributed by atoms with Crippen molar-refractivity contribution in [2.75, 3.05) is 47.8 Å². The number of rotatable bonds is 10. The number of amides is 1. The molecule has 2 unspecified atom stereocenters. The van der Waals surface area contributed by atoms with Gasteiger partial charge < -0.3 is 20.0 Å². The zero-order valence-corrected chi connectivity index (χ0v) is 26.1. The minimum atomic E-state index is -0.873. The number of fused-ring (bicyclic) bond motifs is 2. The van der Waals surface area contributed by atoms with Crippen LogP contribution in [0.4, 0.5) is 0 Å². The van der Waals surface area contributed by atoms with Crippen molar-refractivity contribution in [2.45, 2.75) is 43.6 Å². The summed E-state index contributed by atoms with van der Waals surface area (Å²) in [4.78, 5) is 33.9. The van der Waals surface area contributed by atoms with Crippen LogP contribution in [0.3, 0.4) is 0 Å². The second kappa shape index (κ2) is 12.5. The lowest BCUT2D eigenvalue weighted by atomic mass is 9.69. The molecule has 3 aromatic rings. The van der Waals surface area contributed by atoms with Crippen LogP contribution in [0.5, 0.6) is 0 Å². The van der Waals surface area contributed by atoms with Gasteiger partial charge in [0.2, 0.25) is 0 Å². The maximum absolute atomic E-state index is 13.0. The van der Waals surface area contributed by atoms with Crippen LogP contribution in [0.25, 0.3) is 5.70 Å². The fourth-order valence-corrected chi connectivity index (χ4v) is 6.62. The van der Waals surface area contributed by atoms with Gasteiger partial charge in [-0.2, -0.15) is 5.26 Å². The number of carbonyl (C=O) groups is 1. The molecule has 2 atom stereocenters. The summed E-state index contributed by atoms with van der Waals surface area (Å²) in [5, 5.41) is 17.4. The Morgan fingerprint density at radius 3 is 2.36 bits per heavy atom. The standard InChI is InChI=1S/C34H41N7O3/c1-22(41-17-7-8-28(41)20-35)21-36-16-15-34(32-37-33(43)44-38-32)29-13-11-24(23(2)39(3)4)18-25(29)9-10-26-19-27(12-14-30(26)34)31(42)40(5)6/h11-14,18-19,28,36H,1-2,7-10,15-17,21H2,3-6H3,(H,37,38,43). The first kappa shape index (κ1) is 30.8. The molecular formula is C34H41N7O3. The number of aromatic amines is 1. The van der Waals surface area contributed by atoms with Gasteiger partial charge >= 0.3 is 5.76 Å². The monoisotopic (exact) mass is 595 g/mol. The number of nitriles is 1. The molecule has 44 heavy (non-hydrogen) atoms. The molecule has 2 N–H and O–H groups in total. The minimum Gasteiger partial charge on any atom is -0.378 e. The third-order valence-electron chi connectivity index (χ3n) is 8.98. The Labute approximate surface area is 258 Å². The van der Waals surface area contributed by atoms with Crippen molar-refractivity contribution >= 4 is 11.6 Å². The van der Waals surface area contributed by atoms with Crippen LogP contribution in [-0.2, 0) is 18.3 Å². The largest absolute Gasteiger partial charge is 0.438 e. The van der Waals surface area contributed by atoms with E-state index in [1.165, 1.54) is 0 Å². The summed E-state index contributed by atoms with van der Waals surface area (Å²) in [6, 6.07) is 14.4. The van der Waals surface area contributed by atoms with Crippen LogP contribution in [0.15, 0.2) is 64.6 Å². The molecule has 0 spiro atoms. The summed E-state index contributed by atoms with van der Waals surface area (Å²) in [6.07, 6.45) is 3.81. The molecule has 10 nitrogen and oxygen atoms in total. The number of benzene rings is 2. The SMILES string of the molecule is C=C(c1ccc2c(c1)CCc1cc(C(=O)N(C)C)ccc1C2(CCNCC(=C)N1CCCC1C#N)c1noc(=O)[nH]1)N(C)C. The van der Waals surface area contributed by atoms with Crippen molar-refractivity contribution in [1.29, 1.82) is 5.26 Å². The van der Waals surface area contributed by atoms with E-state index in [0.29, 0.717) is 37.3 Å². The fraction of sp³-hybridized carbons (Fsp3) is 0.412. The van der Waals surface area contributed by atoms with Crippen LogP contribution in [0.2, 0.25) is 0 Å². The van der Waals surface area contributed by atoms with Gasteiger partial charge in [-0.15, -0.1) is 0 Å². The van der Waals surface area contributed by atoms with E-state index >= 15 is 0 Å². The Bertz CT molecular complexity index is 1600. The van der Waals surface area contributed by atoms with E-state index in [9.17, 15) is 14.9 Å². The Balaban J connectivity index is 1.60. The smallest absolute Gasteiger partial charge is 0.378 e. The van der Waals surface area contributed by atoms with E-state index in [1.54, 1.807) is 19.0 Å². The molecular weight excluding hydrogens is 554 g/mol. The second-order valence-corrected chi connectivity index (χ2v) is 12.1. The third-order valence-corrected chi connectivity index (χ3v) is 8.98. The van der Waals surface area contributed by atoms with Gasteiger partial charge in [0.1, 0.15) is 6.04 Å². The summed E-state index contributed by atoms with van der Waals surface area (Å²) in [7, 11) is 7.43. The van der Waals surface area contributed by atoms with E-state index in [0.717, 1.165) is 65.0 Å². The maximum Gasteiger partial charge on any atom is 0.438 e. The van der Waals surface area contributed by atoms with Gasteiger partial charge in [-0.05, 0) is 84.7 Å². The summed E-state index contributed by atoms with van der Waals surface area (Å²) >= 11 is 0. The molecule has 1 aromatic heterocycles. The fourth-order valence-electron chi connectivity index (χ4n) is 6.62. The lowest BCUT2D eigenvalue weighted by Gasteiger charge is -2.35. The van der Waals surface area contributed by atoms with Crippen LogP contribution in [0, 0.1) is 11.3 Å². The van der Waals surface area contributed by atoms with Crippen molar-refractivity contribution in [1.82, 2.24) is 30.2 Å². The normalized spacial score (nSPS) is 19.0. The molecule has 2 heterocycles. The molecule has 5 rings (SSSR count). The highest BCUT2D eigenvalue weighted by molar-refractivity contribution is 5.94. The number of aryl methyl sites for hydroxylation is 2. The molecule has 0 saturated carbocycles. The lowest BCUT2D eigenvalue weighted by Crippen LogP contribution is -2.38. The first-order chi connectivity index (χ1) is 21.1. The molecule has 0 bridgehead atoms. The summed E-state index contributed by atoms with van der Waals surface area (Å²) < 4.78 is 5.12. The third kappa shape index (κ3) is 5.67. The number of hydrogen-bond donors (Lipinski definition) is 2. The van der Waals surface area contributed by atoms with Crippen LogP contribution < -0.4 is 11.1 Å². The number of nitrogens with one attached hydrogen (secondary N) is 2. The topological polar surface area (TPSA) is 121 Å². The van der Waals surface area contributed by atoms with E-state index in [4.69, 9.17) is 4.52 Å². The van der Waals surface area contributed by atoms with Crippen LogP contribution in [-0.4, -0.2) is 84.6 Å². The Morgan fingerprint density at radius 1 is 1.11 bits per heavy atom. The Morgan fingerprint density at radius 2 is 1.77 bits per heavy atom. The molecule has 1 fully saturated rings. The average Bonchev–Trinajstić information content (AvgIpc) is 3.66. The maximum atomic E-state index is 13.0. The van der Waals surface area contributed by atoms with Gasteiger partial charge in [-0.3, -0.25) is 14.3 Å². The predicted octanol–water partition coefficient (Wildman–Crippen LogP) is 3.51. The van der Waals surface area contributed by atoms with Gasteiger partial charge in [0, 0.05) is 58.2 Å². The van der Waals surface area contributed by atoms with Gasteiger partial charge in [-0.25, -0.2) is 4.79 Å². The summed E-state index contributed by atoms with van der Waals surface area (Å²) in [6.45, 7) is 10.4. The number of hydrogen-bond acceptors (Lipinski definition) is 8. The van der Waals surface area contributed by atoms with Crippen molar-refractivity contribution in [3.63, 3.8) is 0 Å². The van der Waals surface area contributed by atoms with Crippen molar-refractivity contribution < 1.29 is 9.32 Å². The number of likely N-dealkylation sites (tertiary alicyclic amines) is 1. The van der Waals surface area contributed by atoms with Gasteiger partial charge in [-0.1, -0.05) is 36.5 Å². The molecule has 1 amide bonds. The molecule has 2 aromatic carbocycles. The van der Waals surface area contributed by atoms with Crippen molar-refractivity contribution in [3.05, 3.63) is 105 Å². The van der Waals surface area contributed by atoms with E-state index in [2.05, 4.69) is 57.8 Å². The second-order valence-electron chi connectivity index (χ2n) is 12.1. The summed E-state index contributed by atoms with van der Waals surface area (Å²) in [5.41, 5.74) is 6.65. The van der Waals surface area contributed by atoms with Crippen molar-refractivity contribution in [2.24, 2.45) is 0 Å². The lowest BCUT2D eigenvalue weighted by molar-refractivity contribution is 0.0827. The molecule has 2 aliphatic rings. The quantitative estimate of drug-likeness (QED) is 0.342. The first-order valence-electron chi connectivity index (χ1n) is 15.0. The Kier molecular flexibility index (Phi) is 8.79. The Hall–Kier alpha value is -4.62. The highest BCUT2D eigenvalue weighted by Crippen LogP contribution is 2.46. The molecule has 1 aliphatic heterocycles. The number of carbonyl (C=O) groups excluding carboxylic acids is 1. The molecule has 1 saturated heterocycles. The molecule has 0 radical (unpaired) electrons. The van der Waals surface area contributed by atoms with Crippen LogP contribution >= 0.6 is 0 Å². The molecule has 1 aliphatic carbocycles. The zero-order valence-electron chi connectivity index (χ0n) is 26.1. The van der Waals surface area contributed by atoms with E-state index < -0.39 is 11.2 Å². The van der Waals surface area contributed by atoms with Crippen molar-refractivity contribution in [3.8, 4) is 6.07 Å². The first-order valence-corrected chi connectivity index (χ1v) is 15.0. The van der Waals surface area contributed by atoms with Gasteiger partial charge in [0.25, 0.3) is 5.91 Å². The number of nitrogens with zero attached hydrogens (tertiary/aromatic N) is 5. The van der Waals surface area contributed by atoms with E-state index in [1.807, 2.05) is 37.2 Å². The predicted molar refractivity (Wildman–Crippen MR) is 170 cm³/mol. The summed E-state index contributed by atoms with van der Waals surface area (Å²) in [5.74, 6) is -0.276. The molecule has 230 valence electrons. The van der Waals surface area contributed by atoms with E-state index in [-0.39, 0.29) is 11.9 Å². The zero-order chi connectivity index (χ0) is 31.6. The van der Waals surface area contributed by atoms with Gasteiger partial charge in [0.05, 0.1) is 11.5 Å². The van der Waals surface area contributed by atoms with Crippen LogP contribution in [0.1, 0.15) is 63.3 Å². The molecule has 10 heteroatoms. The average molecular weight is 596 g/mol. The number of H-pyrrole nitrogens is 1. The number of aromatic nitrogens is 2.